The van der Waals surface area contributed by atoms with Gasteiger partial charge in [0, 0.05) is 86.4 Å². The van der Waals surface area contributed by atoms with Crippen LogP contribution in [0.1, 0.15) is 74.0 Å². The summed E-state index contributed by atoms with van der Waals surface area (Å²) in [6, 6.07) is 5.00. The molecule has 96 heavy (non-hydrogen) atoms. The Hall–Kier alpha value is -12.1. The van der Waals surface area contributed by atoms with Gasteiger partial charge in [0.05, 0.1) is 95.1 Å². The largest absolute Gasteiger partial charge is 0.397 e. The fourth-order valence-corrected chi connectivity index (χ4v) is 9.42. The Balaban J connectivity index is 0.000000203. The van der Waals surface area contributed by atoms with Crippen LogP contribution in [0.15, 0.2) is 112 Å². The van der Waals surface area contributed by atoms with Crippen LogP contribution in [0.4, 0.5) is 87.4 Å². The van der Waals surface area contributed by atoms with E-state index in [0.717, 1.165) is 103 Å². The number of aldehydes is 2. The number of aromatic nitrogens is 7. The van der Waals surface area contributed by atoms with E-state index in [1.54, 1.807) is 25.4 Å². The van der Waals surface area contributed by atoms with Crippen molar-refractivity contribution in [3.8, 4) is 42.7 Å². The maximum Gasteiger partial charge on any atom is 0.336 e. The number of urea groups is 2. The molecule has 0 atom stereocenters. The highest BCUT2D eigenvalue weighted by Crippen LogP contribution is 2.41. The molecule has 3 aromatic carbocycles. The fraction of sp³-hybridized carbons (Fsp3) is 0.234. The minimum absolute atomic E-state index is 0.0528. The summed E-state index contributed by atoms with van der Waals surface area (Å²) >= 11 is 0. The van der Waals surface area contributed by atoms with Crippen molar-refractivity contribution in [2.75, 3.05) is 69.2 Å². The van der Waals surface area contributed by atoms with Gasteiger partial charge in [0.25, 0.3) is 5.56 Å². The molecule has 0 bridgehead atoms. The molecule has 2 fully saturated rings. The number of aryl methyl sites for hydroxylation is 1. The molecule has 9 rings (SSSR count). The second-order valence-corrected chi connectivity index (χ2v) is 21.5. The lowest BCUT2D eigenvalue weighted by molar-refractivity contribution is -0.105. The molecule has 0 saturated heterocycles. The van der Waals surface area contributed by atoms with Gasteiger partial charge >= 0.3 is 17.8 Å². The van der Waals surface area contributed by atoms with Crippen LogP contribution in [0.2, 0.25) is 0 Å². The van der Waals surface area contributed by atoms with E-state index < -0.39 is 58.2 Å². The van der Waals surface area contributed by atoms with Gasteiger partial charge in [-0.15, -0.1) is 19.3 Å². The second-order valence-electron chi connectivity index (χ2n) is 21.5. The number of pyridine rings is 1. The number of nitrogen functional groups attached to an aromatic ring is 3. The number of amides is 4. The standard InChI is InChI=1S/C22H23F2N7O2.C22H20F2N6O2.C20H21F2N7O2/c1-4-7-30(22(33)29(3)21-11-27-10-18(28-21)14-5-6-14)13(2)20(12-32)31(26)19-9-16(24)15(23)8-17(19)25;1-3-6-28-12(2)20(30(26)19-9-17(24)16(23)8-18(19)25)21(31)29(22(28)32)15-7-14(10-27-11-15)13-4-5-13;1-5-6-28(20(31)27(4)19-10-25-9-12(2)26-19)13(3)18(11-30)29(24)17-8-15(22)14(21)7-16(17)23/h1,8-12,14H,5-7,25-26H2,2-3H3;1,7-11,13H,4-6,25-26H2,2H3;1,7-11H,6,23-24H2,2-4H3/b20-13+;;18-13+. The Bertz CT molecular complexity index is 4520. The summed E-state index contributed by atoms with van der Waals surface area (Å²) < 4.78 is 83.8. The molecule has 4 aromatic heterocycles. The first kappa shape index (κ1) is 71.4. The van der Waals surface area contributed by atoms with Crippen molar-refractivity contribution < 1.29 is 45.5 Å². The molecule has 2 aliphatic carbocycles. The average Bonchev–Trinajstić information content (AvgIpc) is 0.796. The second kappa shape index (κ2) is 30.6. The molecule has 26 nitrogen and oxygen atoms in total. The van der Waals surface area contributed by atoms with E-state index in [1.165, 1.54) is 74.0 Å². The quantitative estimate of drug-likeness (QED) is 0.0101. The van der Waals surface area contributed by atoms with Gasteiger partial charge in [-0.3, -0.25) is 68.5 Å². The molecule has 498 valence electrons. The van der Waals surface area contributed by atoms with Gasteiger partial charge in [-0.05, 0) is 70.9 Å². The van der Waals surface area contributed by atoms with Crippen molar-refractivity contribution in [2.24, 2.45) is 17.5 Å². The molecular formula is C64H64F6N20O6. The molecule has 0 unspecified atom stereocenters. The van der Waals surface area contributed by atoms with Crippen molar-refractivity contribution in [3.63, 3.8) is 0 Å². The first-order valence-electron chi connectivity index (χ1n) is 28.6. The van der Waals surface area contributed by atoms with Gasteiger partial charge in [-0.2, -0.15) is 0 Å². The number of nitrogens with two attached hydrogens (primary N) is 6. The van der Waals surface area contributed by atoms with E-state index >= 15 is 0 Å². The maximum atomic E-state index is 13.9. The van der Waals surface area contributed by atoms with Gasteiger partial charge in [0.2, 0.25) is 0 Å². The fourth-order valence-electron chi connectivity index (χ4n) is 9.42. The monoisotopic (exact) mass is 1320 g/mol. The van der Waals surface area contributed by atoms with Crippen molar-refractivity contribution in [2.45, 2.75) is 71.8 Å². The first-order valence-corrected chi connectivity index (χ1v) is 28.6. The summed E-state index contributed by atoms with van der Waals surface area (Å²) in [5.41, 5.74) is 16.9. The predicted octanol–water partition coefficient (Wildman–Crippen LogP) is 6.55. The van der Waals surface area contributed by atoms with Gasteiger partial charge in [-0.25, -0.2) is 72.8 Å². The molecule has 0 aliphatic heterocycles. The number of carbonyl (C=O) groups excluding carboxylic acids is 4. The van der Waals surface area contributed by atoms with Crippen LogP contribution >= 0.6 is 0 Å². The zero-order chi connectivity index (χ0) is 70.7. The minimum atomic E-state index is -1.21. The van der Waals surface area contributed by atoms with Crippen LogP contribution in [0, 0.1) is 85.8 Å². The summed E-state index contributed by atoms with van der Waals surface area (Å²) in [4.78, 5) is 102. The van der Waals surface area contributed by atoms with Crippen LogP contribution in [0.3, 0.4) is 0 Å². The first-order chi connectivity index (χ1) is 45.5. The summed E-state index contributed by atoms with van der Waals surface area (Å²) in [6.45, 7) is 5.49. The smallest absolute Gasteiger partial charge is 0.336 e. The van der Waals surface area contributed by atoms with Crippen molar-refractivity contribution in [3.05, 3.63) is 181 Å². The molecule has 0 radical (unpaired) electrons. The number of hydrogen-bond donors (Lipinski definition) is 6. The summed E-state index contributed by atoms with van der Waals surface area (Å²) in [5, 5.41) is 2.35. The van der Waals surface area contributed by atoms with E-state index in [1.807, 2.05) is 0 Å². The number of terminal acetylenes is 3. The van der Waals surface area contributed by atoms with Gasteiger partial charge in [0.15, 0.2) is 59.1 Å². The Morgan fingerprint density at radius 3 is 1.46 bits per heavy atom. The zero-order valence-electron chi connectivity index (χ0n) is 52.4. The van der Waals surface area contributed by atoms with Crippen molar-refractivity contribution in [1.29, 1.82) is 0 Å². The van der Waals surface area contributed by atoms with E-state index in [2.05, 4.69) is 42.7 Å². The van der Waals surface area contributed by atoms with Gasteiger partial charge < -0.3 is 17.2 Å². The Labute approximate surface area is 545 Å². The van der Waals surface area contributed by atoms with E-state index in [0.29, 0.717) is 35.9 Å². The maximum absolute atomic E-state index is 13.9. The number of hydrogen-bond acceptors (Lipinski definition) is 20. The molecule has 7 aromatic rings. The molecule has 32 heteroatoms. The number of anilines is 9. The van der Waals surface area contributed by atoms with E-state index in [4.69, 9.17) is 54.0 Å². The molecule has 4 amide bonds. The Kier molecular flexibility index (Phi) is 22.7. The summed E-state index contributed by atoms with van der Waals surface area (Å²) in [7, 11) is 2.95. The van der Waals surface area contributed by atoms with Crippen molar-refractivity contribution in [1.82, 2.24) is 43.9 Å². The van der Waals surface area contributed by atoms with Crippen LogP contribution in [0.5, 0.6) is 0 Å². The number of carbonyl (C=O) groups is 4. The van der Waals surface area contributed by atoms with E-state index in [-0.39, 0.29) is 99.4 Å². The van der Waals surface area contributed by atoms with Crippen molar-refractivity contribution >= 4 is 76.1 Å². The third-order valence-electron chi connectivity index (χ3n) is 15.0. The highest BCUT2D eigenvalue weighted by Gasteiger charge is 2.32. The number of halogens is 6. The van der Waals surface area contributed by atoms with Gasteiger partial charge in [0.1, 0.15) is 17.1 Å². The molecule has 0 spiro atoms. The summed E-state index contributed by atoms with van der Waals surface area (Å²) in [6.07, 6.45) is 30.1. The SMILES string of the molecule is C#CCN(C(=O)N(C)c1cncc(C)n1)/C(C)=C(\C=O)N(N)c1cc(F)c(F)cc1N.C#CCN(C(=O)N(C)c1cncc(C2CC2)n1)/C(C)=C(\C=O)N(N)c1cc(F)c(F)cc1N.C#CCn1c(C)c(N(N)c2cc(F)c(F)cc2N)c(=O)n(-c2cncc(C3CC3)c2)c1=O. The normalized spacial score (nSPS) is 12.7. The molecule has 2 saturated carbocycles. The average molecular weight is 1320 g/mol. The highest BCUT2D eigenvalue weighted by molar-refractivity contribution is 5.94. The van der Waals surface area contributed by atoms with Crippen LogP contribution in [-0.2, 0) is 16.1 Å². The molecule has 12 N–H and O–H groups in total. The van der Waals surface area contributed by atoms with E-state index in [9.17, 15) is 55.1 Å². The number of rotatable bonds is 18. The predicted molar refractivity (Wildman–Crippen MR) is 349 cm³/mol. The Morgan fingerprint density at radius 1 is 0.594 bits per heavy atom. The molecule has 4 heterocycles. The molecular weight excluding hydrogens is 1260 g/mol. The van der Waals surface area contributed by atoms with Gasteiger partial charge in [-0.1, -0.05) is 17.8 Å². The Morgan fingerprint density at radius 2 is 1.02 bits per heavy atom. The lowest BCUT2D eigenvalue weighted by Gasteiger charge is -2.30. The van der Waals surface area contributed by atoms with Crippen LogP contribution in [0.25, 0.3) is 5.69 Å². The highest BCUT2D eigenvalue weighted by atomic mass is 19.2. The lowest BCUT2D eigenvalue weighted by Crippen LogP contribution is -2.44. The topological polar surface area (TPSA) is 356 Å². The third kappa shape index (κ3) is 15.7. The number of nitrogens with zero attached hydrogens (tertiary/aromatic N) is 14. The lowest BCUT2D eigenvalue weighted by atomic mass is 10.2. The minimum Gasteiger partial charge on any atom is -0.397 e. The summed E-state index contributed by atoms with van der Waals surface area (Å²) in [5.74, 6) is 19.3. The van der Waals surface area contributed by atoms with Crippen LogP contribution in [-0.4, -0.2) is 95.7 Å². The number of benzene rings is 3. The number of hydrazine groups is 3. The third-order valence-corrected chi connectivity index (χ3v) is 15.0. The molecule has 2 aliphatic rings. The zero-order valence-corrected chi connectivity index (χ0v) is 52.4. The number of allylic oxidation sites excluding steroid dienone is 4. The van der Waals surface area contributed by atoms with Crippen LogP contribution < -0.4 is 70.8 Å².